The predicted molar refractivity (Wildman–Crippen MR) is 73.8 cm³/mol. The van der Waals surface area contributed by atoms with Crippen LogP contribution in [0.2, 0.25) is 0 Å². The lowest BCUT2D eigenvalue weighted by atomic mass is 9.91. The average Bonchev–Trinajstić information content (AvgIpc) is 2.63. The van der Waals surface area contributed by atoms with E-state index in [2.05, 4.69) is 5.32 Å². The number of rotatable bonds is 2. The van der Waals surface area contributed by atoms with E-state index in [9.17, 15) is 8.78 Å². The van der Waals surface area contributed by atoms with E-state index in [1.54, 1.807) is 0 Å². The first-order valence-electron chi connectivity index (χ1n) is 6.53. The molecule has 3 rings (SSSR count). The van der Waals surface area contributed by atoms with Gasteiger partial charge in [-0.2, -0.15) is 0 Å². The number of hydrogen-bond donors (Lipinski definition) is 1. The van der Waals surface area contributed by atoms with Crippen molar-refractivity contribution < 1.29 is 8.78 Å². The molecule has 2 aliphatic heterocycles. The van der Waals surface area contributed by atoms with Gasteiger partial charge in [0.05, 0.1) is 6.54 Å². The monoisotopic (exact) mass is 288 g/mol. The van der Waals surface area contributed by atoms with Gasteiger partial charge in [0.1, 0.15) is 0 Å². The van der Waals surface area contributed by atoms with Crippen LogP contribution < -0.4 is 5.32 Å². The van der Waals surface area contributed by atoms with Crippen molar-refractivity contribution in [1.82, 2.24) is 10.2 Å². The molecule has 0 amide bonds. The first kappa shape index (κ1) is 14.7. The van der Waals surface area contributed by atoms with Crippen LogP contribution in [0.3, 0.4) is 0 Å². The van der Waals surface area contributed by atoms with Gasteiger partial charge in [0, 0.05) is 25.0 Å². The molecular formula is C14H19ClF2N2. The van der Waals surface area contributed by atoms with Crippen LogP contribution in [0.15, 0.2) is 30.3 Å². The van der Waals surface area contributed by atoms with Crippen LogP contribution in [0.25, 0.3) is 0 Å². The highest BCUT2D eigenvalue weighted by atomic mass is 35.5. The van der Waals surface area contributed by atoms with Gasteiger partial charge < -0.3 is 5.32 Å². The maximum atomic E-state index is 14.0. The van der Waals surface area contributed by atoms with Gasteiger partial charge in [0.15, 0.2) is 0 Å². The number of likely N-dealkylation sites (tertiary alicyclic amines) is 1. The molecule has 2 atom stereocenters. The zero-order chi connectivity index (χ0) is 12.6. The first-order valence-corrected chi connectivity index (χ1v) is 6.53. The molecule has 2 saturated heterocycles. The lowest BCUT2D eigenvalue weighted by Crippen LogP contribution is -2.46. The fourth-order valence-corrected chi connectivity index (χ4v) is 3.21. The van der Waals surface area contributed by atoms with E-state index in [-0.39, 0.29) is 25.0 Å². The van der Waals surface area contributed by atoms with Crippen molar-refractivity contribution in [2.45, 2.75) is 24.9 Å². The molecule has 2 fully saturated rings. The quantitative estimate of drug-likeness (QED) is 0.900. The lowest BCUT2D eigenvalue weighted by Gasteiger charge is -2.32. The molecule has 1 aromatic rings. The Balaban J connectivity index is 0.00000133. The van der Waals surface area contributed by atoms with Crippen molar-refractivity contribution in [2.24, 2.45) is 5.92 Å². The third-order valence-electron chi connectivity index (χ3n) is 4.10. The van der Waals surface area contributed by atoms with E-state index in [0.717, 1.165) is 12.1 Å². The number of piperidine rings is 1. The zero-order valence-corrected chi connectivity index (χ0v) is 11.5. The van der Waals surface area contributed by atoms with Gasteiger partial charge in [-0.1, -0.05) is 30.3 Å². The molecule has 0 saturated carbocycles. The predicted octanol–water partition coefficient (Wildman–Crippen LogP) is 2.54. The van der Waals surface area contributed by atoms with Crippen LogP contribution in [0.5, 0.6) is 0 Å². The maximum Gasteiger partial charge on any atom is 0.264 e. The van der Waals surface area contributed by atoms with Gasteiger partial charge >= 0.3 is 0 Å². The normalized spacial score (nSPS) is 29.6. The molecule has 0 aromatic heterocycles. The minimum atomic E-state index is -2.53. The molecule has 1 aromatic carbocycles. The third kappa shape index (κ3) is 2.91. The van der Waals surface area contributed by atoms with E-state index >= 15 is 0 Å². The lowest BCUT2D eigenvalue weighted by molar-refractivity contribution is -0.0358. The maximum absolute atomic E-state index is 14.0. The summed E-state index contributed by atoms with van der Waals surface area (Å²) in [6, 6.07) is 9.85. The summed E-state index contributed by atoms with van der Waals surface area (Å²) < 4.78 is 27.9. The molecule has 1 N–H and O–H groups in total. The second-order valence-electron chi connectivity index (χ2n) is 5.32. The zero-order valence-electron chi connectivity index (χ0n) is 10.7. The Labute approximate surface area is 118 Å². The Morgan fingerprint density at radius 2 is 2.00 bits per heavy atom. The van der Waals surface area contributed by atoms with E-state index in [1.165, 1.54) is 0 Å². The molecule has 2 nitrogen and oxygen atoms in total. The van der Waals surface area contributed by atoms with E-state index < -0.39 is 11.8 Å². The van der Waals surface area contributed by atoms with Crippen molar-refractivity contribution in [3.63, 3.8) is 0 Å². The summed E-state index contributed by atoms with van der Waals surface area (Å²) in [5.41, 5.74) is 1.11. The summed E-state index contributed by atoms with van der Waals surface area (Å²) in [4.78, 5) is 1.94. The molecule has 0 spiro atoms. The largest absolute Gasteiger partial charge is 0.315 e. The summed E-state index contributed by atoms with van der Waals surface area (Å²) in [6.45, 7) is 1.93. The minimum absolute atomic E-state index is 0. The first-order chi connectivity index (χ1) is 8.67. The smallest absolute Gasteiger partial charge is 0.264 e. The molecule has 2 unspecified atom stereocenters. The molecule has 0 bridgehead atoms. The standard InChI is InChI=1S/C14H18F2N2.ClH/c15-14(16)10-18(9-11-4-2-1-3-5-11)13-8-17-7-6-12(13)14;/h1-5,12-13,17H,6-10H2;1H. The van der Waals surface area contributed by atoms with Crippen molar-refractivity contribution >= 4 is 12.4 Å². The highest BCUT2D eigenvalue weighted by Gasteiger charge is 2.54. The molecule has 106 valence electrons. The number of nitrogens with one attached hydrogen (secondary N) is 1. The second-order valence-corrected chi connectivity index (χ2v) is 5.32. The molecule has 5 heteroatoms. The van der Waals surface area contributed by atoms with Gasteiger partial charge in [0.25, 0.3) is 5.92 Å². The Kier molecular flexibility index (Phi) is 4.43. The molecule has 19 heavy (non-hydrogen) atoms. The number of fused-ring (bicyclic) bond motifs is 1. The topological polar surface area (TPSA) is 15.3 Å². The van der Waals surface area contributed by atoms with Crippen molar-refractivity contribution in [1.29, 1.82) is 0 Å². The molecular weight excluding hydrogens is 270 g/mol. The number of hydrogen-bond acceptors (Lipinski definition) is 2. The van der Waals surface area contributed by atoms with Gasteiger partial charge in [-0.25, -0.2) is 8.78 Å². The van der Waals surface area contributed by atoms with Crippen LogP contribution in [0, 0.1) is 5.92 Å². The fourth-order valence-electron chi connectivity index (χ4n) is 3.21. The Hall–Kier alpha value is -0.710. The van der Waals surface area contributed by atoms with E-state index in [1.807, 2.05) is 35.2 Å². The molecule has 0 aliphatic carbocycles. The van der Waals surface area contributed by atoms with Crippen LogP contribution in [0.1, 0.15) is 12.0 Å². The number of benzene rings is 1. The number of halogens is 3. The van der Waals surface area contributed by atoms with Crippen molar-refractivity contribution in [3.05, 3.63) is 35.9 Å². The fraction of sp³-hybridized carbons (Fsp3) is 0.571. The van der Waals surface area contributed by atoms with Crippen molar-refractivity contribution in [2.75, 3.05) is 19.6 Å². The Bertz CT molecular complexity index is 413. The molecule has 0 radical (unpaired) electrons. The van der Waals surface area contributed by atoms with Gasteiger partial charge in [0.2, 0.25) is 0 Å². The van der Waals surface area contributed by atoms with Crippen LogP contribution in [0.4, 0.5) is 8.78 Å². The summed E-state index contributed by atoms with van der Waals surface area (Å²) >= 11 is 0. The van der Waals surface area contributed by atoms with Crippen LogP contribution in [-0.4, -0.2) is 36.5 Å². The summed E-state index contributed by atoms with van der Waals surface area (Å²) in [5.74, 6) is -3.00. The van der Waals surface area contributed by atoms with E-state index in [4.69, 9.17) is 0 Å². The third-order valence-corrected chi connectivity index (χ3v) is 4.10. The summed E-state index contributed by atoms with van der Waals surface area (Å²) in [5, 5.41) is 3.23. The summed E-state index contributed by atoms with van der Waals surface area (Å²) in [7, 11) is 0. The Morgan fingerprint density at radius 1 is 1.26 bits per heavy atom. The highest BCUT2D eigenvalue weighted by Crippen LogP contribution is 2.41. The Morgan fingerprint density at radius 3 is 2.74 bits per heavy atom. The number of alkyl halides is 2. The molecule has 2 heterocycles. The average molecular weight is 289 g/mol. The number of nitrogens with zero attached hydrogens (tertiary/aromatic N) is 1. The van der Waals surface area contributed by atoms with Gasteiger partial charge in [-0.15, -0.1) is 12.4 Å². The van der Waals surface area contributed by atoms with Crippen molar-refractivity contribution in [3.8, 4) is 0 Å². The second kappa shape index (κ2) is 5.73. The van der Waals surface area contributed by atoms with Crippen LogP contribution in [-0.2, 0) is 6.54 Å². The highest BCUT2D eigenvalue weighted by molar-refractivity contribution is 5.85. The summed E-state index contributed by atoms with van der Waals surface area (Å²) in [6.07, 6.45) is 0.586. The van der Waals surface area contributed by atoms with Crippen LogP contribution >= 0.6 is 12.4 Å². The SMILES string of the molecule is Cl.FC1(F)CN(Cc2ccccc2)C2CNCCC21. The van der Waals surface area contributed by atoms with Gasteiger partial charge in [-0.05, 0) is 18.5 Å². The van der Waals surface area contributed by atoms with Gasteiger partial charge in [-0.3, -0.25) is 4.90 Å². The van der Waals surface area contributed by atoms with E-state index in [0.29, 0.717) is 19.5 Å². The minimum Gasteiger partial charge on any atom is -0.315 e. The molecule has 2 aliphatic rings.